The number of ketones is 1. The van der Waals surface area contributed by atoms with Gasteiger partial charge in [-0.1, -0.05) is 61.5 Å². The molecule has 348 valence electrons. The van der Waals surface area contributed by atoms with E-state index in [9.17, 15) is 34.5 Å². The number of ether oxygens (including phenoxy) is 5. The Balaban J connectivity index is 1.40. The Morgan fingerprint density at radius 2 is 1.57 bits per heavy atom. The molecule has 0 aliphatic carbocycles. The topological polar surface area (TPSA) is 225 Å². The zero-order valence-corrected chi connectivity index (χ0v) is 38.3. The normalized spacial score (nSPS) is 41.4. The highest BCUT2D eigenvalue weighted by Gasteiger charge is 2.63. The van der Waals surface area contributed by atoms with Crippen LogP contribution >= 0.6 is 0 Å². The van der Waals surface area contributed by atoms with Gasteiger partial charge in [-0.25, -0.2) is 0 Å². The molecule has 0 radical (unpaired) electrons. The van der Waals surface area contributed by atoms with Crippen LogP contribution in [0.1, 0.15) is 133 Å². The van der Waals surface area contributed by atoms with Crippen LogP contribution in [0.15, 0.2) is 12.2 Å². The number of hydrogen-bond donors (Lipinski definition) is 6. The molecule has 0 aromatic rings. The maximum atomic E-state index is 14.6. The second kappa shape index (κ2) is 19.7. The van der Waals surface area contributed by atoms with Crippen LogP contribution in [0.5, 0.6) is 0 Å². The molecule has 5 aliphatic heterocycles. The smallest absolute Gasteiger partial charge is 0.309 e. The number of carboxylic acids is 1. The van der Waals surface area contributed by atoms with Gasteiger partial charge in [0, 0.05) is 43.2 Å². The molecule has 0 aromatic heterocycles. The number of aliphatic hydroxyl groups is 2. The van der Waals surface area contributed by atoms with Crippen LogP contribution in [-0.2, 0) is 42.9 Å². The van der Waals surface area contributed by atoms with E-state index in [1.807, 2.05) is 55.4 Å². The van der Waals surface area contributed by atoms with Gasteiger partial charge < -0.3 is 55.4 Å². The zero-order chi connectivity index (χ0) is 45.2. The highest BCUT2D eigenvalue weighted by Crippen LogP contribution is 2.54. The number of amides is 2. The molecule has 5 heterocycles. The number of carboxylic acid groups (broad SMARTS) is 1. The minimum atomic E-state index is -1.49. The van der Waals surface area contributed by atoms with Crippen LogP contribution in [-0.4, -0.2) is 117 Å². The first-order valence-corrected chi connectivity index (χ1v) is 23.2. The summed E-state index contributed by atoms with van der Waals surface area (Å²) >= 11 is 0. The van der Waals surface area contributed by atoms with Crippen molar-refractivity contribution in [2.45, 2.75) is 199 Å². The summed E-state index contributed by atoms with van der Waals surface area (Å²) in [4.78, 5) is 52.7. The van der Waals surface area contributed by atoms with Gasteiger partial charge in [-0.05, 0) is 89.5 Å². The molecule has 5 aliphatic rings. The summed E-state index contributed by atoms with van der Waals surface area (Å²) in [5.74, 6) is -8.27. The second-order valence-corrected chi connectivity index (χ2v) is 19.5. The standard InChI is InChI=1S/C46H77N3O12/c1-11-31(42(54)55)33-15-14-25(4)38(58-33)29(8)36(50)28(7)37(51)32(12-2)39-26(5)24-27(6)45(59-39)19-16-34(49-41(53)40(52)48-23-22-47)46(61-45)21-20-43(10,60-46)35-17-18-44(56,13-3)30(9)57-35/h16,19,25-36,38-39,50,56H,11-15,17-18,20-24,47H2,1-10H3,(H,48,52)(H,49,53)(H,54,55)/t25-,26-,27+,28-,29-,30-,31+,32-,33+,34+,35+,36+,38+,39-,43-,44+,45-,46-/m0/s1. The number of hydrogen-bond acceptors (Lipinski definition) is 12. The minimum Gasteiger partial charge on any atom is -0.481 e. The first kappa shape index (κ1) is 49.5. The van der Waals surface area contributed by atoms with Gasteiger partial charge in [-0.15, -0.1) is 0 Å². The third-order valence-corrected chi connectivity index (χ3v) is 15.4. The van der Waals surface area contributed by atoms with Gasteiger partial charge in [0.1, 0.15) is 11.8 Å². The molecule has 15 nitrogen and oxygen atoms in total. The SMILES string of the molecule is CC[C@@H](C(=O)[C@@H](C)[C@@H](O)[C@H](C)[C@@H]1O[C@@H]([C@@H](CC)C(=O)O)CC[C@@H]1C)[C@H]1O[C@]2(C=C[C@@H](NC(=O)C(=O)NCCN)[C@]3(CC[C@@](C)([C@H]4CC[C@](O)(CC)[C@H](C)O4)O3)O2)[C@H](C)C[C@@H]1C. The van der Waals surface area contributed by atoms with E-state index >= 15 is 0 Å². The van der Waals surface area contributed by atoms with E-state index in [4.69, 9.17) is 29.4 Å². The molecular weight excluding hydrogens is 787 g/mol. The number of Topliss-reactive ketones (excluding diaryl/α,β-unsaturated/α-hetero) is 1. The maximum Gasteiger partial charge on any atom is 0.309 e. The quantitative estimate of drug-likeness (QED) is 0.0994. The Labute approximate surface area is 362 Å². The Morgan fingerprint density at radius 1 is 0.885 bits per heavy atom. The number of rotatable bonds is 15. The van der Waals surface area contributed by atoms with E-state index in [2.05, 4.69) is 17.6 Å². The van der Waals surface area contributed by atoms with Crippen molar-refractivity contribution in [1.29, 1.82) is 0 Å². The summed E-state index contributed by atoms with van der Waals surface area (Å²) in [5.41, 5.74) is 3.73. The Hall–Kier alpha value is -2.50. The van der Waals surface area contributed by atoms with Crippen LogP contribution in [0.3, 0.4) is 0 Å². The van der Waals surface area contributed by atoms with Crippen molar-refractivity contribution in [2.24, 2.45) is 47.2 Å². The van der Waals surface area contributed by atoms with E-state index in [-0.39, 0.29) is 36.6 Å². The lowest BCUT2D eigenvalue weighted by molar-refractivity contribution is -0.398. The summed E-state index contributed by atoms with van der Waals surface area (Å²) in [6.07, 6.45) is 5.54. The number of carbonyl (C=O) groups excluding carboxylic acids is 3. The first-order valence-electron chi connectivity index (χ1n) is 23.2. The molecule has 18 atom stereocenters. The molecule has 4 fully saturated rings. The van der Waals surface area contributed by atoms with Crippen molar-refractivity contribution >= 4 is 23.6 Å². The summed E-state index contributed by atoms with van der Waals surface area (Å²) in [6.45, 7) is 19.6. The Kier molecular flexibility index (Phi) is 16.0. The number of nitrogens with two attached hydrogens (primary N) is 1. The lowest BCUT2D eigenvalue weighted by Crippen LogP contribution is -2.66. The molecule has 5 rings (SSSR count). The largest absolute Gasteiger partial charge is 0.481 e. The van der Waals surface area contributed by atoms with Gasteiger partial charge in [-0.2, -0.15) is 0 Å². The summed E-state index contributed by atoms with van der Waals surface area (Å²) in [5, 5.41) is 38.2. The third-order valence-electron chi connectivity index (χ3n) is 15.4. The number of nitrogens with one attached hydrogen (secondary N) is 2. The number of aliphatic carboxylic acids is 1. The fourth-order valence-corrected chi connectivity index (χ4v) is 11.1. The monoisotopic (exact) mass is 864 g/mol. The summed E-state index contributed by atoms with van der Waals surface area (Å²) in [7, 11) is 0. The molecule has 15 heteroatoms. The van der Waals surface area contributed by atoms with Gasteiger partial charge in [0.2, 0.25) is 0 Å². The average Bonchev–Trinajstić information content (AvgIpc) is 3.57. The maximum absolute atomic E-state index is 14.6. The lowest BCUT2D eigenvalue weighted by Gasteiger charge is -2.55. The zero-order valence-electron chi connectivity index (χ0n) is 38.3. The molecule has 4 saturated heterocycles. The highest BCUT2D eigenvalue weighted by molar-refractivity contribution is 6.35. The molecule has 2 amide bonds. The van der Waals surface area contributed by atoms with Crippen molar-refractivity contribution in [2.75, 3.05) is 13.1 Å². The highest BCUT2D eigenvalue weighted by atomic mass is 16.8. The molecule has 61 heavy (non-hydrogen) atoms. The van der Waals surface area contributed by atoms with E-state index in [1.54, 1.807) is 19.1 Å². The van der Waals surface area contributed by atoms with Gasteiger partial charge in [0.05, 0.1) is 53.7 Å². The van der Waals surface area contributed by atoms with Crippen LogP contribution in [0, 0.1) is 41.4 Å². The van der Waals surface area contributed by atoms with Crippen molar-refractivity contribution < 1.29 is 58.2 Å². The second-order valence-electron chi connectivity index (χ2n) is 19.5. The Bertz CT molecular complexity index is 1600. The van der Waals surface area contributed by atoms with E-state index in [0.29, 0.717) is 57.8 Å². The number of aliphatic hydroxyl groups excluding tert-OH is 1. The van der Waals surface area contributed by atoms with Gasteiger partial charge in [-0.3, -0.25) is 19.2 Å². The molecule has 2 spiro atoms. The number of carbonyl (C=O) groups is 4. The van der Waals surface area contributed by atoms with Crippen LogP contribution < -0.4 is 16.4 Å². The van der Waals surface area contributed by atoms with Crippen LogP contribution in [0.4, 0.5) is 0 Å². The van der Waals surface area contributed by atoms with Crippen molar-refractivity contribution in [3.8, 4) is 0 Å². The molecule has 7 N–H and O–H groups in total. The first-order chi connectivity index (χ1) is 28.6. The molecule has 0 saturated carbocycles. The van der Waals surface area contributed by atoms with E-state index in [1.165, 1.54) is 0 Å². The van der Waals surface area contributed by atoms with Crippen LogP contribution in [0.25, 0.3) is 0 Å². The summed E-state index contributed by atoms with van der Waals surface area (Å²) in [6, 6.07) is -0.898. The third kappa shape index (κ3) is 9.94. The fourth-order valence-electron chi connectivity index (χ4n) is 11.1. The predicted molar refractivity (Wildman–Crippen MR) is 227 cm³/mol. The van der Waals surface area contributed by atoms with Gasteiger partial charge in [0.25, 0.3) is 0 Å². The predicted octanol–water partition coefficient (Wildman–Crippen LogP) is 4.39. The molecular formula is C46H77N3O12. The molecule has 0 unspecified atom stereocenters. The molecule has 0 bridgehead atoms. The van der Waals surface area contributed by atoms with Gasteiger partial charge in [0.15, 0.2) is 11.6 Å². The minimum absolute atomic E-state index is 0.0680. The van der Waals surface area contributed by atoms with E-state index < -0.39 is 107 Å². The molecule has 0 aromatic carbocycles. The summed E-state index contributed by atoms with van der Waals surface area (Å²) < 4.78 is 34.2. The van der Waals surface area contributed by atoms with Gasteiger partial charge >= 0.3 is 17.8 Å². The fraction of sp³-hybridized carbons (Fsp3) is 0.870. The average molecular weight is 864 g/mol. The Morgan fingerprint density at radius 3 is 2.18 bits per heavy atom. The van der Waals surface area contributed by atoms with Crippen molar-refractivity contribution in [3.63, 3.8) is 0 Å². The van der Waals surface area contributed by atoms with Crippen molar-refractivity contribution in [3.05, 3.63) is 12.2 Å². The van der Waals surface area contributed by atoms with E-state index in [0.717, 1.165) is 6.42 Å². The van der Waals surface area contributed by atoms with Crippen LogP contribution in [0.2, 0.25) is 0 Å². The van der Waals surface area contributed by atoms with Crippen molar-refractivity contribution in [1.82, 2.24) is 10.6 Å². The lowest BCUT2D eigenvalue weighted by atomic mass is 9.72.